The lowest BCUT2D eigenvalue weighted by atomic mass is 10.2. The van der Waals surface area contributed by atoms with Gasteiger partial charge in [-0.3, -0.25) is 0 Å². The summed E-state index contributed by atoms with van der Waals surface area (Å²) in [6.07, 6.45) is 2.36. The first kappa shape index (κ1) is 15.8. The second kappa shape index (κ2) is 6.29. The molecule has 0 fully saturated rings. The number of hydrogen-bond acceptors (Lipinski definition) is 3. The molecular formula is C12H12BrFO4S. The Hall–Kier alpha value is -1.21. The van der Waals surface area contributed by atoms with Gasteiger partial charge in [-0.25, -0.2) is 17.6 Å². The highest BCUT2D eigenvalue weighted by atomic mass is 79.9. The minimum Gasteiger partial charge on any atom is -0.478 e. The normalized spacial score (nSPS) is 11.3. The van der Waals surface area contributed by atoms with E-state index < -0.39 is 32.1 Å². The number of aromatic carboxylic acids is 1. The predicted molar refractivity (Wildman–Crippen MR) is 72.5 cm³/mol. The van der Waals surface area contributed by atoms with Crippen molar-refractivity contribution in [3.05, 3.63) is 40.6 Å². The monoisotopic (exact) mass is 350 g/mol. The Labute approximate surface area is 119 Å². The SMILES string of the molecule is C=CCCCS(=O)(=O)c1cc(Br)cc(C(=O)O)c1F. The highest BCUT2D eigenvalue weighted by Gasteiger charge is 2.24. The maximum absolute atomic E-state index is 13.9. The van der Waals surface area contributed by atoms with Crippen LogP contribution in [0.3, 0.4) is 0 Å². The third kappa shape index (κ3) is 3.87. The molecule has 1 N–H and O–H groups in total. The van der Waals surface area contributed by atoms with E-state index in [0.717, 1.165) is 12.1 Å². The molecule has 1 aromatic carbocycles. The van der Waals surface area contributed by atoms with E-state index in [0.29, 0.717) is 12.8 Å². The molecule has 1 aromatic rings. The molecule has 0 saturated heterocycles. The van der Waals surface area contributed by atoms with Crippen LogP contribution in [0.5, 0.6) is 0 Å². The van der Waals surface area contributed by atoms with Crippen LogP contribution in [0.15, 0.2) is 34.2 Å². The Balaban J connectivity index is 3.26. The lowest BCUT2D eigenvalue weighted by molar-refractivity contribution is 0.0691. The van der Waals surface area contributed by atoms with Crippen molar-refractivity contribution in [3.63, 3.8) is 0 Å². The number of carboxylic acids is 1. The molecule has 19 heavy (non-hydrogen) atoms. The summed E-state index contributed by atoms with van der Waals surface area (Å²) < 4.78 is 38.0. The highest BCUT2D eigenvalue weighted by molar-refractivity contribution is 9.10. The van der Waals surface area contributed by atoms with Crippen molar-refractivity contribution in [2.24, 2.45) is 0 Å². The fourth-order valence-electron chi connectivity index (χ4n) is 1.47. The number of rotatable bonds is 6. The van der Waals surface area contributed by atoms with E-state index in [1.807, 2.05) is 0 Å². The zero-order valence-electron chi connectivity index (χ0n) is 9.90. The van der Waals surface area contributed by atoms with Crippen LogP contribution in [0.25, 0.3) is 0 Å². The van der Waals surface area contributed by atoms with Gasteiger partial charge >= 0.3 is 5.97 Å². The number of halogens is 2. The lowest BCUT2D eigenvalue weighted by Gasteiger charge is -2.08. The Morgan fingerprint density at radius 2 is 2.11 bits per heavy atom. The van der Waals surface area contributed by atoms with Gasteiger partial charge in [0.2, 0.25) is 0 Å². The second-order valence-electron chi connectivity index (χ2n) is 3.82. The Morgan fingerprint density at radius 1 is 1.47 bits per heavy atom. The first-order valence-corrected chi connectivity index (χ1v) is 7.80. The van der Waals surface area contributed by atoms with Gasteiger partial charge in [-0.1, -0.05) is 22.0 Å². The summed E-state index contributed by atoms with van der Waals surface area (Å²) in [5, 5.41) is 8.83. The topological polar surface area (TPSA) is 71.4 Å². The summed E-state index contributed by atoms with van der Waals surface area (Å²) in [5.41, 5.74) is -0.670. The van der Waals surface area contributed by atoms with E-state index in [4.69, 9.17) is 5.11 Å². The number of carboxylic acid groups (broad SMARTS) is 1. The van der Waals surface area contributed by atoms with E-state index in [9.17, 15) is 17.6 Å². The zero-order chi connectivity index (χ0) is 14.6. The molecule has 0 aliphatic heterocycles. The van der Waals surface area contributed by atoms with Crippen molar-refractivity contribution >= 4 is 31.7 Å². The predicted octanol–water partition coefficient (Wildman–Crippen LogP) is 3.03. The summed E-state index contributed by atoms with van der Waals surface area (Å²) in [6.45, 7) is 3.47. The molecule has 0 aliphatic rings. The van der Waals surface area contributed by atoms with Gasteiger partial charge in [0, 0.05) is 4.47 Å². The molecule has 0 heterocycles. The van der Waals surface area contributed by atoms with Crippen molar-refractivity contribution in [2.45, 2.75) is 17.7 Å². The molecule has 0 aliphatic carbocycles. The molecular weight excluding hydrogens is 339 g/mol. The van der Waals surface area contributed by atoms with E-state index in [1.54, 1.807) is 6.08 Å². The van der Waals surface area contributed by atoms with Crippen LogP contribution >= 0.6 is 15.9 Å². The number of carbonyl (C=O) groups is 1. The minimum absolute atomic E-state index is 0.202. The van der Waals surface area contributed by atoms with Crippen LogP contribution in [-0.4, -0.2) is 25.2 Å². The molecule has 1 rings (SSSR count). The molecule has 4 nitrogen and oxygen atoms in total. The maximum atomic E-state index is 13.9. The molecule has 0 saturated carbocycles. The van der Waals surface area contributed by atoms with Crippen LogP contribution in [0, 0.1) is 5.82 Å². The minimum atomic E-state index is -3.86. The summed E-state index contributed by atoms with van der Waals surface area (Å²) in [7, 11) is -3.86. The molecule has 0 atom stereocenters. The summed E-state index contributed by atoms with van der Waals surface area (Å²) >= 11 is 2.98. The van der Waals surface area contributed by atoms with Crippen molar-refractivity contribution in [1.29, 1.82) is 0 Å². The van der Waals surface area contributed by atoms with E-state index in [1.165, 1.54) is 0 Å². The van der Waals surface area contributed by atoms with Crippen LogP contribution in [0.2, 0.25) is 0 Å². The average Bonchev–Trinajstić information content (AvgIpc) is 2.31. The highest BCUT2D eigenvalue weighted by Crippen LogP contribution is 2.25. The van der Waals surface area contributed by atoms with Gasteiger partial charge in [-0.15, -0.1) is 6.58 Å². The summed E-state index contributed by atoms with van der Waals surface area (Å²) in [4.78, 5) is 10.3. The standard InChI is InChI=1S/C12H12BrFO4S/c1-2-3-4-5-19(17,18)10-7-8(13)6-9(11(10)14)12(15)16/h2,6-7H,1,3-5H2,(H,15,16). The lowest BCUT2D eigenvalue weighted by Crippen LogP contribution is -2.12. The quantitative estimate of drug-likeness (QED) is 0.632. The molecule has 0 spiro atoms. The van der Waals surface area contributed by atoms with Gasteiger partial charge in [0.1, 0.15) is 4.90 Å². The molecule has 104 valence electrons. The molecule has 0 amide bonds. The van der Waals surface area contributed by atoms with Crippen molar-refractivity contribution in [1.82, 2.24) is 0 Å². The molecule has 7 heteroatoms. The zero-order valence-corrected chi connectivity index (χ0v) is 12.3. The maximum Gasteiger partial charge on any atom is 0.338 e. The van der Waals surface area contributed by atoms with Crippen molar-refractivity contribution in [2.75, 3.05) is 5.75 Å². The van der Waals surface area contributed by atoms with Crippen LogP contribution in [0.1, 0.15) is 23.2 Å². The molecule has 0 bridgehead atoms. The van der Waals surface area contributed by atoms with Gasteiger partial charge in [-0.05, 0) is 25.0 Å². The molecule has 0 unspecified atom stereocenters. The number of allylic oxidation sites excluding steroid dienone is 1. The number of sulfone groups is 1. The fourth-order valence-corrected chi connectivity index (χ4v) is 3.54. The Morgan fingerprint density at radius 3 is 2.63 bits per heavy atom. The summed E-state index contributed by atoms with van der Waals surface area (Å²) in [6, 6.07) is 2.10. The average molecular weight is 351 g/mol. The second-order valence-corrected chi connectivity index (χ2v) is 6.81. The third-order valence-electron chi connectivity index (χ3n) is 2.39. The third-order valence-corrected chi connectivity index (χ3v) is 4.64. The van der Waals surface area contributed by atoms with E-state index in [-0.39, 0.29) is 10.2 Å². The first-order chi connectivity index (χ1) is 8.79. The van der Waals surface area contributed by atoms with Gasteiger partial charge in [0.15, 0.2) is 15.7 Å². The van der Waals surface area contributed by atoms with Crippen LogP contribution in [0.4, 0.5) is 4.39 Å². The number of benzene rings is 1. The van der Waals surface area contributed by atoms with E-state index >= 15 is 0 Å². The van der Waals surface area contributed by atoms with Crippen LogP contribution < -0.4 is 0 Å². The smallest absolute Gasteiger partial charge is 0.338 e. The summed E-state index contributed by atoms with van der Waals surface area (Å²) in [5.74, 6) is -3.00. The number of hydrogen-bond donors (Lipinski definition) is 1. The Bertz CT molecular complexity index is 610. The molecule has 0 radical (unpaired) electrons. The number of unbranched alkanes of at least 4 members (excludes halogenated alkanes) is 1. The molecule has 0 aromatic heterocycles. The Kier molecular flexibility index (Phi) is 5.25. The van der Waals surface area contributed by atoms with Gasteiger partial charge in [0.25, 0.3) is 0 Å². The van der Waals surface area contributed by atoms with Gasteiger partial charge in [-0.2, -0.15) is 0 Å². The fraction of sp³-hybridized carbons (Fsp3) is 0.250. The van der Waals surface area contributed by atoms with E-state index in [2.05, 4.69) is 22.5 Å². The van der Waals surface area contributed by atoms with Crippen molar-refractivity contribution in [3.8, 4) is 0 Å². The van der Waals surface area contributed by atoms with Crippen molar-refractivity contribution < 1.29 is 22.7 Å². The first-order valence-electron chi connectivity index (χ1n) is 5.35. The van der Waals surface area contributed by atoms with Gasteiger partial charge < -0.3 is 5.11 Å². The largest absolute Gasteiger partial charge is 0.478 e. The van der Waals surface area contributed by atoms with Crippen LogP contribution in [-0.2, 0) is 9.84 Å². The van der Waals surface area contributed by atoms with Gasteiger partial charge in [0.05, 0.1) is 11.3 Å².